The molecule has 0 aromatic heterocycles. The van der Waals surface area contributed by atoms with Crippen LogP contribution in [0.4, 0.5) is 10.5 Å². The van der Waals surface area contributed by atoms with E-state index in [9.17, 15) is 4.79 Å². The van der Waals surface area contributed by atoms with E-state index in [0.717, 1.165) is 63.9 Å². The SMILES string of the molecule is C=CCCNCCCCCCCOC1CCC(N(C)C(=O)Nc2ccc(C)cc2)CC1. The van der Waals surface area contributed by atoms with Gasteiger partial charge in [0.2, 0.25) is 0 Å². The van der Waals surface area contributed by atoms with Gasteiger partial charge in [-0.2, -0.15) is 0 Å². The van der Waals surface area contributed by atoms with Crippen molar-refractivity contribution in [2.75, 3.05) is 32.1 Å². The maximum atomic E-state index is 12.5. The van der Waals surface area contributed by atoms with Gasteiger partial charge in [0.25, 0.3) is 0 Å². The molecule has 1 saturated carbocycles. The number of benzene rings is 1. The second kappa shape index (κ2) is 15.0. The molecule has 31 heavy (non-hydrogen) atoms. The van der Waals surface area contributed by atoms with Crippen molar-refractivity contribution >= 4 is 11.7 Å². The number of carbonyl (C=O) groups excluding carboxylic acids is 1. The lowest BCUT2D eigenvalue weighted by molar-refractivity contribution is 0.0131. The maximum Gasteiger partial charge on any atom is 0.321 e. The van der Waals surface area contributed by atoms with Gasteiger partial charge in [-0.1, -0.05) is 43.0 Å². The lowest BCUT2D eigenvalue weighted by atomic mass is 9.92. The zero-order chi connectivity index (χ0) is 22.3. The second-order valence-electron chi connectivity index (χ2n) is 8.80. The van der Waals surface area contributed by atoms with Crippen LogP contribution in [-0.2, 0) is 4.74 Å². The Morgan fingerprint density at radius 1 is 1.06 bits per heavy atom. The highest BCUT2D eigenvalue weighted by molar-refractivity contribution is 5.89. The molecule has 5 nitrogen and oxygen atoms in total. The highest BCUT2D eigenvalue weighted by Gasteiger charge is 2.26. The molecular formula is C26H43N3O2. The molecule has 5 heteroatoms. The average molecular weight is 430 g/mol. The van der Waals surface area contributed by atoms with E-state index in [1.165, 1.54) is 31.2 Å². The first-order valence-corrected chi connectivity index (χ1v) is 12.1. The summed E-state index contributed by atoms with van der Waals surface area (Å²) < 4.78 is 6.11. The molecule has 2 amide bonds. The van der Waals surface area contributed by atoms with Crippen LogP contribution in [-0.4, -0.2) is 49.8 Å². The lowest BCUT2D eigenvalue weighted by Gasteiger charge is -2.34. The predicted octanol–water partition coefficient (Wildman–Crippen LogP) is 5.90. The van der Waals surface area contributed by atoms with Gasteiger partial charge in [-0.15, -0.1) is 6.58 Å². The largest absolute Gasteiger partial charge is 0.378 e. The fourth-order valence-electron chi connectivity index (χ4n) is 4.08. The van der Waals surface area contributed by atoms with Crippen LogP contribution in [0.15, 0.2) is 36.9 Å². The normalized spacial score (nSPS) is 18.5. The summed E-state index contributed by atoms with van der Waals surface area (Å²) in [6.07, 6.45) is 13.7. The molecule has 0 radical (unpaired) electrons. The zero-order valence-electron chi connectivity index (χ0n) is 19.7. The third-order valence-electron chi connectivity index (χ3n) is 6.19. The van der Waals surface area contributed by atoms with Crippen molar-refractivity contribution in [1.29, 1.82) is 0 Å². The third-order valence-corrected chi connectivity index (χ3v) is 6.19. The van der Waals surface area contributed by atoms with Crippen LogP contribution in [0, 0.1) is 6.92 Å². The molecule has 1 aliphatic rings. The fraction of sp³-hybridized carbons (Fsp3) is 0.654. The Kier molecular flexibility index (Phi) is 12.3. The summed E-state index contributed by atoms with van der Waals surface area (Å²) in [5, 5.41) is 6.44. The van der Waals surface area contributed by atoms with E-state index >= 15 is 0 Å². The molecule has 0 saturated heterocycles. The standard InChI is InChI=1S/C26H43N3O2/c1-4-5-19-27-20-9-7-6-8-10-21-31-25-17-15-24(16-18-25)29(3)26(30)28-23-13-11-22(2)12-14-23/h4,11-14,24-25,27H,1,5-10,15-21H2,2-3H3,(H,28,30). The van der Waals surface area contributed by atoms with Crippen LogP contribution in [0.2, 0.25) is 0 Å². The molecule has 174 valence electrons. The number of amides is 2. The number of nitrogens with one attached hydrogen (secondary N) is 2. The van der Waals surface area contributed by atoms with E-state index in [1.54, 1.807) is 0 Å². The Hall–Kier alpha value is -1.85. The number of anilines is 1. The minimum atomic E-state index is -0.0240. The summed E-state index contributed by atoms with van der Waals surface area (Å²) in [6, 6.07) is 8.21. The van der Waals surface area contributed by atoms with Crippen molar-refractivity contribution in [2.45, 2.75) is 83.3 Å². The minimum Gasteiger partial charge on any atom is -0.378 e. The van der Waals surface area contributed by atoms with Crippen molar-refractivity contribution in [1.82, 2.24) is 10.2 Å². The monoisotopic (exact) mass is 429 g/mol. The van der Waals surface area contributed by atoms with Gasteiger partial charge in [0.1, 0.15) is 0 Å². The van der Waals surface area contributed by atoms with E-state index in [2.05, 4.69) is 17.2 Å². The van der Waals surface area contributed by atoms with E-state index in [4.69, 9.17) is 4.74 Å². The Bertz CT molecular complexity index is 624. The molecule has 2 N–H and O–H groups in total. The summed E-state index contributed by atoms with van der Waals surface area (Å²) >= 11 is 0. The molecule has 1 fully saturated rings. The number of ether oxygens (including phenoxy) is 1. The molecule has 1 aromatic rings. The van der Waals surface area contributed by atoms with Gasteiger partial charge in [0, 0.05) is 25.4 Å². The van der Waals surface area contributed by atoms with Crippen LogP contribution in [0.1, 0.15) is 69.8 Å². The van der Waals surface area contributed by atoms with Crippen molar-refractivity contribution in [3.63, 3.8) is 0 Å². The first kappa shape index (κ1) is 25.4. The van der Waals surface area contributed by atoms with Gasteiger partial charge in [-0.25, -0.2) is 4.79 Å². The number of aryl methyl sites for hydroxylation is 1. The van der Waals surface area contributed by atoms with Crippen LogP contribution < -0.4 is 10.6 Å². The second-order valence-corrected chi connectivity index (χ2v) is 8.80. The molecule has 1 aromatic carbocycles. The number of hydrogen-bond acceptors (Lipinski definition) is 3. The van der Waals surface area contributed by atoms with Gasteiger partial charge in [-0.3, -0.25) is 0 Å². The summed E-state index contributed by atoms with van der Waals surface area (Å²) in [7, 11) is 1.91. The van der Waals surface area contributed by atoms with E-state index in [-0.39, 0.29) is 6.03 Å². The highest BCUT2D eigenvalue weighted by Crippen LogP contribution is 2.25. The Labute approximate surface area is 189 Å². The number of carbonyl (C=O) groups is 1. The predicted molar refractivity (Wildman–Crippen MR) is 131 cm³/mol. The van der Waals surface area contributed by atoms with Crippen LogP contribution >= 0.6 is 0 Å². The quantitative estimate of drug-likeness (QED) is 0.286. The first-order chi connectivity index (χ1) is 15.1. The molecule has 1 aliphatic carbocycles. The molecule has 0 atom stereocenters. The topological polar surface area (TPSA) is 53.6 Å². The fourth-order valence-corrected chi connectivity index (χ4v) is 4.08. The smallest absolute Gasteiger partial charge is 0.321 e. The zero-order valence-corrected chi connectivity index (χ0v) is 19.7. The highest BCUT2D eigenvalue weighted by atomic mass is 16.5. The van der Waals surface area contributed by atoms with Crippen LogP contribution in [0.25, 0.3) is 0 Å². The van der Waals surface area contributed by atoms with Crippen molar-refractivity contribution in [3.8, 4) is 0 Å². The van der Waals surface area contributed by atoms with E-state index < -0.39 is 0 Å². The first-order valence-electron chi connectivity index (χ1n) is 12.1. The summed E-state index contributed by atoms with van der Waals surface area (Å²) in [5.41, 5.74) is 2.04. The van der Waals surface area contributed by atoms with Gasteiger partial charge < -0.3 is 20.3 Å². The number of nitrogens with zero attached hydrogens (tertiary/aromatic N) is 1. The number of urea groups is 1. The Morgan fingerprint density at radius 3 is 2.45 bits per heavy atom. The molecular weight excluding hydrogens is 386 g/mol. The number of hydrogen-bond donors (Lipinski definition) is 2. The van der Waals surface area contributed by atoms with E-state index in [0.29, 0.717) is 12.1 Å². The van der Waals surface area contributed by atoms with Crippen molar-refractivity contribution < 1.29 is 9.53 Å². The molecule has 0 aliphatic heterocycles. The van der Waals surface area contributed by atoms with Gasteiger partial charge in [0.05, 0.1) is 6.10 Å². The van der Waals surface area contributed by atoms with Crippen LogP contribution in [0.3, 0.4) is 0 Å². The van der Waals surface area contributed by atoms with Gasteiger partial charge >= 0.3 is 6.03 Å². The van der Waals surface area contributed by atoms with Gasteiger partial charge in [-0.05, 0) is 77.1 Å². The Balaban J connectivity index is 1.49. The maximum absolute atomic E-state index is 12.5. The number of rotatable bonds is 14. The molecule has 0 bridgehead atoms. The lowest BCUT2D eigenvalue weighted by Crippen LogP contribution is -2.42. The summed E-state index contributed by atoms with van der Waals surface area (Å²) in [6.45, 7) is 8.82. The van der Waals surface area contributed by atoms with Crippen molar-refractivity contribution in [2.24, 2.45) is 0 Å². The van der Waals surface area contributed by atoms with Gasteiger partial charge in [0.15, 0.2) is 0 Å². The average Bonchev–Trinajstić information content (AvgIpc) is 2.79. The number of unbranched alkanes of at least 4 members (excludes halogenated alkanes) is 4. The molecule has 0 heterocycles. The van der Waals surface area contributed by atoms with Crippen LogP contribution in [0.5, 0.6) is 0 Å². The summed E-state index contributed by atoms with van der Waals surface area (Å²) in [4.78, 5) is 14.4. The summed E-state index contributed by atoms with van der Waals surface area (Å²) in [5.74, 6) is 0. The molecule has 0 unspecified atom stereocenters. The molecule has 0 spiro atoms. The van der Waals surface area contributed by atoms with E-state index in [1.807, 2.05) is 49.2 Å². The minimum absolute atomic E-state index is 0.0240. The molecule has 2 rings (SSSR count). The third kappa shape index (κ3) is 10.3. The van der Waals surface area contributed by atoms with Crippen molar-refractivity contribution in [3.05, 3.63) is 42.5 Å². The Morgan fingerprint density at radius 2 is 1.74 bits per heavy atom.